The highest BCUT2D eigenvalue weighted by Gasteiger charge is 1.98. The summed E-state index contributed by atoms with van der Waals surface area (Å²) < 4.78 is 0. The standard InChI is InChI=1S/C10H10O3/c11-5-1-2-8-3-4-9(7-12)10(13)6-8/h1-4,6-7,11,13H,5H2. The van der Waals surface area contributed by atoms with Crippen molar-refractivity contribution in [3.63, 3.8) is 0 Å². The maximum atomic E-state index is 10.3. The van der Waals surface area contributed by atoms with Gasteiger partial charge < -0.3 is 10.2 Å². The van der Waals surface area contributed by atoms with Crippen LogP contribution < -0.4 is 0 Å². The molecule has 3 nitrogen and oxygen atoms in total. The summed E-state index contributed by atoms with van der Waals surface area (Å²) in [6.45, 7) is -0.0454. The monoisotopic (exact) mass is 178 g/mol. The van der Waals surface area contributed by atoms with Crippen LogP contribution in [0.4, 0.5) is 0 Å². The van der Waals surface area contributed by atoms with Crippen molar-refractivity contribution in [3.8, 4) is 5.75 Å². The highest BCUT2D eigenvalue weighted by Crippen LogP contribution is 2.17. The van der Waals surface area contributed by atoms with Crippen molar-refractivity contribution in [2.75, 3.05) is 6.61 Å². The van der Waals surface area contributed by atoms with Crippen LogP contribution in [0.25, 0.3) is 6.08 Å². The van der Waals surface area contributed by atoms with Crippen LogP contribution in [0.5, 0.6) is 5.75 Å². The number of carbonyl (C=O) groups excluding carboxylic acids is 1. The van der Waals surface area contributed by atoms with Gasteiger partial charge in [0.05, 0.1) is 12.2 Å². The van der Waals surface area contributed by atoms with Gasteiger partial charge in [0.1, 0.15) is 5.75 Å². The second kappa shape index (κ2) is 4.42. The first-order valence-electron chi connectivity index (χ1n) is 3.83. The fourth-order valence-corrected chi connectivity index (χ4v) is 0.953. The quantitative estimate of drug-likeness (QED) is 0.684. The van der Waals surface area contributed by atoms with E-state index in [1.165, 1.54) is 12.1 Å². The number of phenols is 1. The highest BCUT2D eigenvalue weighted by molar-refractivity contribution is 5.79. The molecule has 0 unspecified atom stereocenters. The minimum atomic E-state index is -0.0462. The van der Waals surface area contributed by atoms with Crippen molar-refractivity contribution in [1.29, 1.82) is 0 Å². The van der Waals surface area contributed by atoms with Crippen LogP contribution in [-0.2, 0) is 0 Å². The molecule has 0 heterocycles. The number of carbonyl (C=O) groups is 1. The zero-order chi connectivity index (χ0) is 9.68. The Bertz CT molecular complexity index is 329. The Morgan fingerprint density at radius 3 is 2.69 bits per heavy atom. The van der Waals surface area contributed by atoms with E-state index in [2.05, 4.69) is 0 Å². The predicted molar refractivity (Wildman–Crippen MR) is 49.6 cm³/mol. The molecule has 1 aromatic carbocycles. The molecule has 0 saturated carbocycles. The van der Waals surface area contributed by atoms with Crippen molar-refractivity contribution in [3.05, 3.63) is 35.4 Å². The lowest BCUT2D eigenvalue weighted by Crippen LogP contribution is -1.82. The zero-order valence-corrected chi connectivity index (χ0v) is 6.97. The summed E-state index contributed by atoms with van der Waals surface area (Å²) in [5.41, 5.74) is 1.01. The van der Waals surface area contributed by atoms with E-state index in [1.807, 2.05) is 0 Å². The Hall–Kier alpha value is -1.61. The number of aldehydes is 1. The van der Waals surface area contributed by atoms with Gasteiger partial charge in [-0.15, -0.1) is 0 Å². The molecule has 13 heavy (non-hydrogen) atoms. The Morgan fingerprint density at radius 2 is 2.15 bits per heavy atom. The first kappa shape index (κ1) is 9.48. The molecule has 68 valence electrons. The predicted octanol–water partition coefficient (Wildman–Crippen LogP) is 1.21. The molecule has 0 aromatic heterocycles. The Balaban J connectivity index is 2.95. The van der Waals surface area contributed by atoms with Gasteiger partial charge in [0.25, 0.3) is 0 Å². The van der Waals surface area contributed by atoms with E-state index in [-0.39, 0.29) is 17.9 Å². The molecule has 0 aliphatic rings. The zero-order valence-electron chi connectivity index (χ0n) is 6.97. The number of aliphatic hydroxyl groups is 1. The van der Waals surface area contributed by atoms with Crippen molar-refractivity contribution in [2.45, 2.75) is 0 Å². The number of aliphatic hydroxyl groups excluding tert-OH is 1. The van der Waals surface area contributed by atoms with E-state index in [0.29, 0.717) is 6.29 Å². The first-order valence-corrected chi connectivity index (χ1v) is 3.83. The van der Waals surface area contributed by atoms with Gasteiger partial charge in [-0.1, -0.05) is 18.2 Å². The van der Waals surface area contributed by atoms with Crippen molar-refractivity contribution < 1.29 is 15.0 Å². The molecular formula is C10H10O3. The maximum absolute atomic E-state index is 10.3. The molecule has 0 aliphatic heterocycles. The van der Waals surface area contributed by atoms with Gasteiger partial charge in [-0.05, 0) is 17.7 Å². The second-order valence-corrected chi connectivity index (χ2v) is 2.52. The van der Waals surface area contributed by atoms with Crippen LogP contribution >= 0.6 is 0 Å². The lowest BCUT2D eigenvalue weighted by molar-refractivity contribution is 0.112. The van der Waals surface area contributed by atoms with E-state index < -0.39 is 0 Å². The van der Waals surface area contributed by atoms with Gasteiger partial charge in [-0.25, -0.2) is 0 Å². The van der Waals surface area contributed by atoms with Crippen LogP contribution in [0.1, 0.15) is 15.9 Å². The number of phenolic OH excluding ortho intramolecular Hbond substituents is 1. The first-order chi connectivity index (χ1) is 6.27. The molecule has 1 aromatic rings. The van der Waals surface area contributed by atoms with Crippen LogP contribution in [0.2, 0.25) is 0 Å². The van der Waals surface area contributed by atoms with E-state index in [0.717, 1.165) is 5.56 Å². The second-order valence-electron chi connectivity index (χ2n) is 2.52. The molecule has 0 atom stereocenters. The van der Waals surface area contributed by atoms with E-state index in [4.69, 9.17) is 5.11 Å². The number of aromatic hydroxyl groups is 1. The van der Waals surface area contributed by atoms with Gasteiger partial charge in [0.15, 0.2) is 6.29 Å². The minimum Gasteiger partial charge on any atom is -0.507 e. The van der Waals surface area contributed by atoms with E-state index in [9.17, 15) is 9.90 Å². The van der Waals surface area contributed by atoms with Gasteiger partial charge in [-0.2, -0.15) is 0 Å². The van der Waals surface area contributed by atoms with Crippen LogP contribution in [0.3, 0.4) is 0 Å². The van der Waals surface area contributed by atoms with Gasteiger partial charge in [-0.3, -0.25) is 4.79 Å². The van der Waals surface area contributed by atoms with Gasteiger partial charge in [0.2, 0.25) is 0 Å². The Kier molecular flexibility index (Phi) is 3.23. The normalized spacial score (nSPS) is 10.5. The lowest BCUT2D eigenvalue weighted by atomic mass is 10.1. The highest BCUT2D eigenvalue weighted by atomic mass is 16.3. The number of hydrogen-bond donors (Lipinski definition) is 2. The van der Waals surface area contributed by atoms with Crippen LogP contribution in [0.15, 0.2) is 24.3 Å². The SMILES string of the molecule is O=Cc1ccc(C=CCO)cc1O. The summed E-state index contributed by atoms with van der Waals surface area (Å²) in [7, 11) is 0. The van der Waals surface area contributed by atoms with Crippen molar-refractivity contribution >= 4 is 12.4 Å². The Labute approximate surface area is 76.0 Å². The van der Waals surface area contributed by atoms with E-state index in [1.54, 1.807) is 18.2 Å². The molecule has 2 N–H and O–H groups in total. The number of benzene rings is 1. The molecule has 0 amide bonds. The maximum Gasteiger partial charge on any atom is 0.153 e. The third-order valence-electron chi connectivity index (χ3n) is 1.60. The van der Waals surface area contributed by atoms with Crippen molar-refractivity contribution in [1.82, 2.24) is 0 Å². The van der Waals surface area contributed by atoms with Crippen LogP contribution in [0, 0.1) is 0 Å². The molecule has 0 fully saturated rings. The average Bonchev–Trinajstić information content (AvgIpc) is 2.15. The molecule has 0 radical (unpaired) electrons. The third-order valence-corrected chi connectivity index (χ3v) is 1.60. The fourth-order valence-electron chi connectivity index (χ4n) is 0.953. The molecule has 0 aliphatic carbocycles. The molecule has 0 bridgehead atoms. The average molecular weight is 178 g/mol. The molecular weight excluding hydrogens is 168 g/mol. The van der Waals surface area contributed by atoms with Crippen molar-refractivity contribution in [2.24, 2.45) is 0 Å². The smallest absolute Gasteiger partial charge is 0.153 e. The largest absolute Gasteiger partial charge is 0.507 e. The molecule has 3 heteroatoms. The summed E-state index contributed by atoms with van der Waals surface area (Å²) in [5, 5.41) is 17.8. The van der Waals surface area contributed by atoms with Gasteiger partial charge in [0, 0.05) is 0 Å². The van der Waals surface area contributed by atoms with Gasteiger partial charge >= 0.3 is 0 Å². The minimum absolute atomic E-state index is 0.0454. The summed E-state index contributed by atoms with van der Waals surface area (Å²) in [6.07, 6.45) is 3.80. The third kappa shape index (κ3) is 2.42. The summed E-state index contributed by atoms with van der Waals surface area (Å²) in [5.74, 6) is -0.0462. The molecule has 0 saturated heterocycles. The summed E-state index contributed by atoms with van der Waals surface area (Å²) in [6, 6.07) is 4.69. The topological polar surface area (TPSA) is 57.5 Å². The summed E-state index contributed by atoms with van der Waals surface area (Å²) in [4.78, 5) is 10.3. The number of rotatable bonds is 3. The lowest BCUT2D eigenvalue weighted by Gasteiger charge is -1.98. The van der Waals surface area contributed by atoms with E-state index >= 15 is 0 Å². The molecule has 1 rings (SSSR count). The summed E-state index contributed by atoms with van der Waals surface area (Å²) >= 11 is 0. The fraction of sp³-hybridized carbons (Fsp3) is 0.100. The Morgan fingerprint density at radius 1 is 1.38 bits per heavy atom. The number of hydrogen-bond acceptors (Lipinski definition) is 3. The van der Waals surface area contributed by atoms with Crippen LogP contribution in [-0.4, -0.2) is 23.1 Å². The molecule has 0 spiro atoms.